The molecule has 0 saturated heterocycles. The molecule has 0 atom stereocenters. The summed E-state index contributed by atoms with van der Waals surface area (Å²) in [6.45, 7) is 3.93. The first-order valence-corrected chi connectivity index (χ1v) is 3.98. The molecule has 0 aliphatic rings. The molecule has 4 N–H and O–H groups in total. The Balaban J connectivity index is 3.28. The summed E-state index contributed by atoms with van der Waals surface area (Å²) in [7, 11) is 0. The van der Waals surface area contributed by atoms with Crippen LogP contribution >= 0.6 is 11.6 Å². The van der Waals surface area contributed by atoms with Crippen LogP contribution in [0.2, 0.25) is 5.15 Å². The van der Waals surface area contributed by atoms with Crippen molar-refractivity contribution in [1.82, 2.24) is 9.97 Å². The largest absolute Gasteiger partial charge is 0.395 e. The zero-order valence-corrected chi connectivity index (χ0v) is 7.76. The minimum absolute atomic E-state index is 0.165. The molecule has 0 spiro atoms. The van der Waals surface area contributed by atoms with Crippen molar-refractivity contribution in [2.24, 2.45) is 0 Å². The van der Waals surface area contributed by atoms with Crippen molar-refractivity contribution in [1.29, 1.82) is 0 Å². The van der Waals surface area contributed by atoms with E-state index < -0.39 is 0 Å². The van der Waals surface area contributed by atoms with Crippen LogP contribution in [-0.4, -0.2) is 9.97 Å². The molecular weight excluding hydrogens is 176 g/mol. The molecule has 5 heteroatoms. The van der Waals surface area contributed by atoms with Gasteiger partial charge in [0.2, 0.25) is 5.95 Å². The summed E-state index contributed by atoms with van der Waals surface area (Å²) in [5.41, 5.74) is 12.2. The molecule has 1 heterocycles. The van der Waals surface area contributed by atoms with Crippen LogP contribution in [0.25, 0.3) is 0 Å². The molecule has 0 radical (unpaired) electrons. The Bertz CT molecular complexity index is 298. The number of nitrogen functional groups attached to an aromatic ring is 2. The number of hydrogen-bond donors (Lipinski definition) is 2. The first kappa shape index (κ1) is 9.06. The number of nitrogens with two attached hydrogens (primary N) is 2. The molecule has 1 rings (SSSR count). The van der Waals surface area contributed by atoms with Crippen molar-refractivity contribution in [2.45, 2.75) is 19.8 Å². The summed E-state index contributed by atoms with van der Waals surface area (Å²) < 4.78 is 0. The van der Waals surface area contributed by atoms with Crippen LogP contribution in [0.5, 0.6) is 0 Å². The zero-order chi connectivity index (χ0) is 9.30. The van der Waals surface area contributed by atoms with Crippen molar-refractivity contribution < 1.29 is 0 Å². The maximum Gasteiger partial charge on any atom is 0.221 e. The predicted octanol–water partition coefficient (Wildman–Crippen LogP) is 1.42. The van der Waals surface area contributed by atoms with E-state index in [1.165, 1.54) is 0 Å². The Morgan fingerprint density at radius 2 is 1.83 bits per heavy atom. The molecule has 0 saturated carbocycles. The van der Waals surface area contributed by atoms with Crippen LogP contribution in [0.3, 0.4) is 0 Å². The summed E-state index contributed by atoms with van der Waals surface area (Å²) in [4.78, 5) is 7.71. The van der Waals surface area contributed by atoms with E-state index in [1.54, 1.807) is 0 Å². The summed E-state index contributed by atoms with van der Waals surface area (Å²) >= 11 is 5.71. The number of rotatable bonds is 1. The quantitative estimate of drug-likeness (QED) is 0.651. The minimum atomic E-state index is 0.165. The van der Waals surface area contributed by atoms with Crippen LogP contribution in [0.1, 0.15) is 25.5 Å². The third-order valence-electron chi connectivity index (χ3n) is 1.49. The number of anilines is 2. The molecule has 12 heavy (non-hydrogen) atoms. The molecule has 0 aliphatic carbocycles. The molecule has 0 amide bonds. The van der Waals surface area contributed by atoms with Crippen molar-refractivity contribution in [3.63, 3.8) is 0 Å². The van der Waals surface area contributed by atoms with E-state index in [2.05, 4.69) is 9.97 Å². The Kier molecular flexibility index (Phi) is 2.38. The maximum absolute atomic E-state index is 5.71. The lowest BCUT2D eigenvalue weighted by Gasteiger charge is -2.08. The third-order valence-corrected chi connectivity index (χ3v) is 1.78. The Morgan fingerprint density at radius 1 is 1.25 bits per heavy atom. The first-order chi connectivity index (χ1) is 5.52. The molecule has 0 unspecified atom stereocenters. The van der Waals surface area contributed by atoms with Crippen molar-refractivity contribution in [2.75, 3.05) is 11.5 Å². The van der Waals surface area contributed by atoms with Gasteiger partial charge in [0.05, 0.1) is 11.4 Å². The molecule has 4 nitrogen and oxygen atoms in total. The smallest absolute Gasteiger partial charge is 0.221 e. The fourth-order valence-corrected chi connectivity index (χ4v) is 1.10. The van der Waals surface area contributed by atoms with Gasteiger partial charge in [-0.2, -0.15) is 4.98 Å². The summed E-state index contributed by atoms with van der Waals surface area (Å²) in [5, 5.41) is 0.228. The summed E-state index contributed by atoms with van der Waals surface area (Å²) in [5.74, 6) is 0.366. The van der Waals surface area contributed by atoms with E-state index in [0.29, 0.717) is 11.4 Å². The number of hydrogen-bond acceptors (Lipinski definition) is 4. The maximum atomic E-state index is 5.71. The Hall–Kier alpha value is -1.03. The minimum Gasteiger partial charge on any atom is -0.395 e. The molecule has 0 aliphatic heterocycles. The van der Waals surface area contributed by atoms with Gasteiger partial charge < -0.3 is 11.5 Å². The lowest BCUT2D eigenvalue weighted by molar-refractivity contribution is 0.822. The van der Waals surface area contributed by atoms with E-state index in [0.717, 1.165) is 0 Å². The highest BCUT2D eigenvalue weighted by Gasteiger charge is 2.11. The zero-order valence-electron chi connectivity index (χ0n) is 7.00. The summed E-state index contributed by atoms with van der Waals surface area (Å²) in [6.07, 6.45) is 0. The lowest BCUT2D eigenvalue weighted by atomic mass is 10.1. The first-order valence-electron chi connectivity index (χ1n) is 3.60. The van der Waals surface area contributed by atoms with Gasteiger partial charge in [-0.15, -0.1) is 0 Å². The van der Waals surface area contributed by atoms with Gasteiger partial charge in [0.15, 0.2) is 5.15 Å². The van der Waals surface area contributed by atoms with Crippen molar-refractivity contribution in [3.05, 3.63) is 10.8 Å². The molecule has 1 aromatic heterocycles. The molecule has 0 fully saturated rings. The molecular formula is C7H11ClN4. The number of halogens is 1. The van der Waals surface area contributed by atoms with E-state index in [1.807, 2.05) is 13.8 Å². The predicted molar refractivity (Wildman–Crippen MR) is 50.0 cm³/mol. The molecule has 66 valence electrons. The molecule has 0 bridgehead atoms. The lowest BCUT2D eigenvalue weighted by Crippen LogP contribution is -2.06. The standard InChI is InChI=1S/C7H11ClN4/c1-3(2)5-4(9)6(8)12-7(10)11-5/h3H,9H2,1-2H3,(H2,10,11,12). The second kappa shape index (κ2) is 3.15. The average Bonchev–Trinajstić information content (AvgIpc) is 1.96. The Labute approximate surface area is 75.9 Å². The normalized spacial score (nSPS) is 10.7. The molecule has 0 aromatic carbocycles. The monoisotopic (exact) mass is 186 g/mol. The number of nitrogens with zero attached hydrogens (tertiary/aromatic N) is 2. The van der Waals surface area contributed by atoms with Gasteiger partial charge in [0.25, 0.3) is 0 Å². The van der Waals surface area contributed by atoms with Gasteiger partial charge in [0, 0.05) is 0 Å². The van der Waals surface area contributed by atoms with Crippen LogP contribution in [0.4, 0.5) is 11.6 Å². The molecule has 1 aromatic rings. The van der Waals surface area contributed by atoms with E-state index >= 15 is 0 Å². The van der Waals surface area contributed by atoms with Gasteiger partial charge in [-0.25, -0.2) is 4.98 Å². The van der Waals surface area contributed by atoms with Crippen LogP contribution in [0, 0.1) is 0 Å². The van der Waals surface area contributed by atoms with E-state index in [9.17, 15) is 0 Å². The van der Waals surface area contributed by atoms with Gasteiger partial charge in [-0.3, -0.25) is 0 Å². The van der Waals surface area contributed by atoms with Gasteiger partial charge in [-0.1, -0.05) is 25.4 Å². The van der Waals surface area contributed by atoms with E-state index in [-0.39, 0.29) is 17.0 Å². The highest BCUT2D eigenvalue weighted by molar-refractivity contribution is 6.32. The van der Waals surface area contributed by atoms with Gasteiger partial charge in [0.1, 0.15) is 0 Å². The third kappa shape index (κ3) is 1.58. The van der Waals surface area contributed by atoms with E-state index in [4.69, 9.17) is 23.1 Å². The van der Waals surface area contributed by atoms with Crippen molar-refractivity contribution >= 4 is 23.2 Å². The fraction of sp³-hybridized carbons (Fsp3) is 0.429. The van der Waals surface area contributed by atoms with Gasteiger partial charge in [-0.05, 0) is 5.92 Å². The van der Waals surface area contributed by atoms with Crippen LogP contribution in [0.15, 0.2) is 0 Å². The van der Waals surface area contributed by atoms with Gasteiger partial charge >= 0.3 is 0 Å². The van der Waals surface area contributed by atoms with Crippen LogP contribution in [-0.2, 0) is 0 Å². The topological polar surface area (TPSA) is 77.8 Å². The number of aromatic nitrogens is 2. The SMILES string of the molecule is CC(C)c1nc(N)nc(Cl)c1N. The average molecular weight is 187 g/mol. The highest BCUT2D eigenvalue weighted by Crippen LogP contribution is 2.25. The fourth-order valence-electron chi connectivity index (χ4n) is 0.915. The summed E-state index contributed by atoms with van der Waals surface area (Å²) in [6, 6.07) is 0. The van der Waals surface area contributed by atoms with Crippen molar-refractivity contribution in [3.8, 4) is 0 Å². The Morgan fingerprint density at radius 3 is 2.33 bits per heavy atom. The highest BCUT2D eigenvalue weighted by atomic mass is 35.5. The van der Waals surface area contributed by atoms with Crippen LogP contribution < -0.4 is 11.5 Å². The second-order valence-electron chi connectivity index (χ2n) is 2.83. The second-order valence-corrected chi connectivity index (χ2v) is 3.18.